The number of nitrogens with one attached hydrogen (secondary N) is 1. The van der Waals surface area contributed by atoms with Crippen molar-refractivity contribution in [2.24, 2.45) is 0 Å². The molecule has 3 rings (SSSR count). The summed E-state index contributed by atoms with van der Waals surface area (Å²) in [7, 11) is 0. The molecule has 1 amide bonds. The zero-order valence-corrected chi connectivity index (χ0v) is 18.3. The second kappa shape index (κ2) is 11.2. The molecule has 0 fully saturated rings. The zero-order chi connectivity index (χ0) is 26.3. The van der Waals surface area contributed by atoms with Crippen LogP contribution in [0.25, 0.3) is 0 Å². The topological polar surface area (TPSA) is 119 Å². The molecule has 3 aromatic carbocycles. The predicted octanol–water partition coefficient (Wildman–Crippen LogP) is 4.18. The minimum atomic E-state index is -4.86. The first-order chi connectivity index (χ1) is 17.1. The maximum absolute atomic E-state index is 13.4. The van der Waals surface area contributed by atoms with E-state index in [9.17, 15) is 37.5 Å². The second-order valence-electron chi connectivity index (χ2n) is 7.25. The lowest BCUT2D eigenvalue weighted by atomic mass is 10.1. The van der Waals surface area contributed by atoms with E-state index in [1.807, 2.05) is 5.32 Å². The number of hydrogen-bond acceptors (Lipinski definition) is 6. The first-order valence-corrected chi connectivity index (χ1v) is 10.3. The molecule has 3 aromatic rings. The van der Waals surface area contributed by atoms with Gasteiger partial charge in [0.25, 0.3) is 5.91 Å². The van der Waals surface area contributed by atoms with Crippen LogP contribution in [0, 0.1) is 0 Å². The molecule has 0 spiro atoms. The van der Waals surface area contributed by atoms with E-state index >= 15 is 0 Å². The van der Waals surface area contributed by atoms with Crippen molar-refractivity contribution >= 4 is 29.5 Å². The van der Waals surface area contributed by atoms with Crippen molar-refractivity contribution in [3.8, 4) is 0 Å². The van der Waals surface area contributed by atoms with Crippen LogP contribution < -0.4 is 5.32 Å². The summed E-state index contributed by atoms with van der Waals surface area (Å²) in [5.74, 6) is -5.65. The van der Waals surface area contributed by atoms with Gasteiger partial charge in [0.05, 0.1) is 22.4 Å². The lowest BCUT2D eigenvalue weighted by molar-refractivity contribution is -0.157. The monoisotopic (exact) mass is 501 g/mol. The quantitative estimate of drug-likeness (QED) is 0.445. The van der Waals surface area contributed by atoms with Gasteiger partial charge in [0.1, 0.15) is 0 Å². The van der Waals surface area contributed by atoms with E-state index in [1.165, 1.54) is 54.6 Å². The summed E-state index contributed by atoms with van der Waals surface area (Å²) >= 11 is 0. The van der Waals surface area contributed by atoms with Crippen LogP contribution in [0.2, 0.25) is 0 Å². The van der Waals surface area contributed by atoms with Crippen molar-refractivity contribution < 1.29 is 46.9 Å². The molecule has 36 heavy (non-hydrogen) atoms. The first-order valence-electron chi connectivity index (χ1n) is 10.3. The number of carbonyl (C=O) groups excluding carboxylic acids is 3. The van der Waals surface area contributed by atoms with Crippen LogP contribution in [0.4, 0.5) is 18.9 Å². The molecule has 0 aliphatic heterocycles. The largest absolute Gasteiger partial charge is 0.478 e. The fourth-order valence-corrected chi connectivity index (χ4v) is 3.05. The Hall–Kier alpha value is -4.67. The molecule has 0 radical (unpaired) electrons. The van der Waals surface area contributed by atoms with Crippen molar-refractivity contribution in [1.82, 2.24) is 0 Å². The third kappa shape index (κ3) is 6.47. The Labute approximate surface area is 202 Å². The van der Waals surface area contributed by atoms with Crippen LogP contribution in [-0.2, 0) is 25.2 Å². The number of carboxylic acid groups (broad SMARTS) is 1. The lowest BCUT2D eigenvalue weighted by Crippen LogP contribution is -2.48. The smallest absolute Gasteiger partial charge is 0.418 e. The molecule has 0 heterocycles. The van der Waals surface area contributed by atoms with Gasteiger partial charge in [0.2, 0.25) is 12.2 Å². The van der Waals surface area contributed by atoms with Crippen molar-refractivity contribution in [2.75, 3.05) is 5.32 Å². The molecule has 0 saturated carbocycles. The number of halogens is 3. The maximum Gasteiger partial charge on any atom is 0.418 e. The Bertz CT molecular complexity index is 1250. The number of carboxylic acids is 1. The molecular weight excluding hydrogens is 483 g/mol. The van der Waals surface area contributed by atoms with E-state index < -0.39 is 53.5 Å². The molecule has 11 heteroatoms. The summed E-state index contributed by atoms with van der Waals surface area (Å²) in [4.78, 5) is 50.1. The molecule has 186 valence electrons. The van der Waals surface area contributed by atoms with Gasteiger partial charge in [0, 0.05) is 0 Å². The number of aliphatic carboxylic acids is 1. The summed E-state index contributed by atoms with van der Waals surface area (Å²) in [5, 5.41) is 11.6. The molecule has 0 aromatic heterocycles. The van der Waals surface area contributed by atoms with Crippen LogP contribution in [0.3, 0.4) is 0 Å². The minimum Gasteiger partial charge on any atom is -0.478 e. The Kier molecular flexibility index (Phi) is 8.05. The van der Waals surface area contributed by atoms with Gasteiger partial charge < -0.3 is 19.9 Å². The molecule has 0 aliphatic carbocycles. The molecule has 8 nitrogen and oxygen atoms in total. The average Bonchev–Trinajstić information content (AvgIpc) is 2.86. The highest BCUT2D eigenvalue weighted by Crippen LogP contribution is 2.34. The highest BCUT2D eigenvalue weighted by atomic mass is 19.4. The SMILES string of the molecule is O=C(O[C@H](C(=O)Nc1ccccc1C(F)(F)F)[C@@H](OC(=O)c1ccccc1)C(=O)O)c1ccccc1. The van der Waals surface area contributed by atoms with Crippen LogP contribution in [0.15, 0.2) is 84.9 Å². The summed E-state index contributed by atoms with van der Waals surface area (Å²) < 4.78 is 50.2. The van der Waals surface area contributed by atoms with Gasteiger partial charge in [-0.1, -0.05) is 48.5 Å². The van der Waals surface area contributed by atoms with E-state index in [4.69, 9.17) is 9.47 Å². The standard InChI is InChI=1S/C25H18F3NO7/c26-25(27,28)17-13-7-8-14-18(17)29-21(30)19(35-23(33)15-9-3-1-4-10-15)20(22(31)32)36-24(34)16-11-5-2-6-12-16/h1-14,19-20H,(H,29,30)(H,31,32)/t19-,20+/m0/s1. The van der Waals surface area contributed by atoms with Crippen molar-refractivity contribution in [1.29, 1.82) is 0 Å². The summed E-state index contributed by atoms with van der Waals surface area (Å²) in [6, 6.07) is 18.2. The first kappa shape index (κ1) is 25.9. The van der Waals surface area contributed by atoms with Gasteiger partial charge in [-0.25, -0.2) is 14.4 Å². The van der Waals surface area contributed by atoms with Crippen LogP contribution in [0.1, 0.15) is 26.3 Å². The highest BCUT2D eigenvalue weighted by molar-refractivity contribution is 6.01. The number of amides is 1. The van der Waals surface area contributed by atoms with Crippen molar-refractivity contribution in [3.63, 3.8) is 0 Å². The third-order valence-electron chi connectivity index (χ3n) is 4.75. The lowest BCUT2D eigenvalue weighted by Gasteiger charge is -2.24. The Morgan fingerprint density at radius 1 is 0.694 bits per heavy atom. The van der Waals surface area contributed by atoms with E-state index in [0.717, 1.165) is 12.1 Å². The fraction of sp³-hybridized carbons (Fsp3) is 0.120. The van der Waals surface area contributed by atoms with Gasteiger partial charge in [-0.2, -0.15) is 13.2 Å². The normalized spacial score (nSPS) is 12.6. The predicted molar refractivity (Wildman–Crippen MR) is 119 cm³/mol. The highest BCUT2D eigenvalue weighted by Gasteiger charge is 2.42. The van der Waals surface area contributed by atoms with Crippen LogP contribution >= 0.6 is 0 Å². The number of para-hydroxylation sites is 1. The molecule has 0 aliphatic rings. The Balaban J connectivity index is 1.96. The van der Waals surface area contributed by atoms with E-state index in [2.05, 4.69) is 0 Å². The van der Waals surface area contributed by atoms with E-state index in [1.54, 1.807) is 12.1 Å². The van der Waals surface area contributed by atoms with Crippen molar-refractivity contribution in [3.05, 3.63) is 102 Å². The van der Waals surface area contributed by atoms with Gasteiger partial charge in [-0.05, 0) is 36.4 Å². The van der Waals surface area contributed by atoms with Gasteiger partial charge >= 0.3 is 24.1 Å². The average molecular weight is 501 g/mol. The third-order valence-corrected chi connectivity index (χ3v) is 4.75. The molecule has 0 saturated heterocycles. The van der Waals surface area contributed by atoms with Gasteiger partial charge in [0.15, 0.2) is 0 Å². The number of anilines is 1. The van der Waals surface area contributed by atoms with Crippen molar-refractivity contribution in [2.45, 2.75) is 18.4 Å². The zero-order valence-electron chi connectivity index (χ0n) is 18.3. The number of alkyl halides is 3. The molecule has 0 bridgehead atoms. The van der Waals surface area contributed by atoms with Gasteiger partial charge in [-0.15, -0.1) is 0 Å². The second-order valence-corrected chi connectivity index (χ2v) is 7.25. The van der Waals surface area contributed by atoms with Crippen LogP contribution in [0.5, 0.6) is 0 Å². The number of rotatable bonds is 8. The molecular formula is C25H18F3NO7. The van der Waals surface area contributed by atoms with E-state index in [-0.39, 0.29) is 11.1 Å². The van der Waals surface area contributed by atoms with E-state index in [0.29, 0.717) is 6.07 Å². The molecule has 2 N–H and O–H groups in total. The van der Waals surface area contributed by atoms with Crippen LogP contribution in [-0.4, -0.2) is 41.1 Å². The molecule has 2 atom stereocenters. The summed E-state index contributed by atoms with van der Waals surface area (Å²) in [6.07, 6.45) is -9.58. The number of hydrogen-bond donors (Lipinski definition) is 2. The minimum absolute atomic E-state index is 0.0697. The Morgan fingerprint density at radius 2 is 1.14 bits per heavy atom. The number of benzene rings is 3. The summed E-state index contributed by atoms with van der Waals surface area (Å²) in [6.45, 7) is 0. The summed E-state index contributed by atoms with van der Waals surface area (Å²) in [5.41, 5.74) is -2.09. The van der Waals surface area contributed by atoms with Gasteiger partial charge in [-0.3, -0.25) is 4.79 Å². The number of carbonyl (C=O) groups is 4. The molecule has 0 unspecified atom stereocenters. The number of esters is 2. The number of ether oxygens (including phenoxy) is 2. The fourth-order valence-electron chi connectivity index (χ4n) is 3.05. The Morgan fingerprint density at radius 3 is 1.61 bits per heavy atom. The maximum atomic E-state index is 13.4.